The summed E-state index contributed by atoms with van der Waals surface area (Å²) >= 11 is 0. The zero-order valence-electron chi connectivity index (χ0n) is 21.7. The van der Waals surface area contributed by atoms with Crippen molar-refractivity contribution in [3.8, 4) is 16.9 Å². The molecule has 1 aliphatic heterocycles. The molecule has 2 heterocycles. The first-order valence-corrected chi connectivity index (χ1v) is 12.4. The minimum Gasteiger partial charge on any atom is -0.484 e. The number of likely N-dealkylation sites (N-methyl/N-ethyl adjacent to an activating group) is 1. The molecule has 2 N–H and O–H groups in total. The first-order chi connectivity index (χ1) is 18.6. The Morgan fingerprint density at radius 1 is 0.949 bits per heavy atom. The molecule has 1 aromatic heterocycles. The fraction of sp³-hybridized carbons (Fsp3) is 0.321. The molecular weight excluding hydrogens is 511 g/mol. The van der Waals surface area contributed by atoms with Gasteiger partial charge in [-0.1, -0.05) is 18.2 Å². The van der Waals surface area contributed by atoms with Crippen molar-refractivity contribution in [2.24, 2.45) is 0 Å². The van der Waals surface area contributed by atoms with Crippen LogP contribution >= 0.6 is 0 Å². The number of hydrogen-bond acceptors (Lipinski definition) is 6. The van der Waals surface area contributed by atoms with Crippen LogP contribution < -0.4 is 15.4 Å². The summed E-state index contributed by atoms with van der Waals surface area (Å²) in [4.78, 5) is 31.9. The molecule has 8 nitrogen and oxygen atoms in total. The van der Waals surface area contributed by atoms with E-state index in [4.69, 9.17) is 4.74 Å². The number of carbonyl (C=O) groups is 2. The first-order valence-electron chi connectivity index (χ1n) is 12.4. The third-order valence-electron chi connectivity index (χ3n) is 6.31. The van der Waals surface area contributed by atoms with Crippen molar-refractivity contribution in [2.45, 2.75) is 19.6 Å². The van der Waals surface area contributed by atoms with Gasteiger partial charge in [-0.25, -0.2) is 4.98 Å². The maximum atomic E-state index is 13.8. The van der Waals surface area contributed by atoms with Gasteiger partial charge in [0.05, 0.1) is 5.56 Å². The summed E-state index contributed by atoms with van der Waals surface area (Å²) < 4.78 is 46.9. The topological polar surface area (TPSA) is 86.8 Å². The van der Waals surface area contributed by atoms with Crippen LogP contribution in [0, 0.1) is 0 Å². The van der Waals surface area contributed by atoms with Crippen molar-refractivity contribution in [2.75, 3.05) is 50.5 Å². The van der Waals surface area contributed by atoms with Crippen LogP contribution in [0.2, 0.25) is 0 Å². The Morgan fingerprint density at radius 2 is 1.64 bits per heavy atom. The molecule has 4 rings (SSSR count). The molecule has 0 bridgehead atoms. The highest BCUT2D eigenvalue weighted by molar-refractivity contribution is 5.92. The van der Waals surface area contributed by atoms with Gasteiger partial charge < -0.3 is 20.3 Å². The van der Waals surface area contributed by atoms with Gasteiger partial charge in [0.1, 0.15) is 11.6 Å². The summed E-state index contributed by atoms with van der Waals surface area (Å²) in [6.45, 7) is 4.26. The lowest BCUT2D eigenvalue weighted by Gasteiger charge is -2.33. The Bertz CT molecular complexity index is 1290. The molecule has 1 aliphatic rings. The molecular formula is C28H30F3N5O3. The summed E-state index contributed by atoms with van der Waals surface area (Å²) in [5.41, 5.74) is 1.16. The summed E-state index contributed by atoms with van der Waals surface area (Å²) in [5, 5.41) is 5.10. The third-order valence-corrected chi connectivity index (χ3v) is 6.31. The van der Waals surface area contributed by atoms with E-state index in [9.17, 15) is 22.8 Å². The van der Waals surface area contributed by atoms with Gasteiger partial charge in [-0.15, -0.1) is 0 Å². The van der Waals surface area contributed by atoms with E-state index in [-0.39, 0.29) is 30.3 Å². The van der Waals surface area contributed by atoms with Crippen LogP contribution in [0.1, 0.15) is 18.1 Å². The van der Waals surface area contributed by atoms with Crippen LogP contribution in [0.25, 0.3) is 11.1 Å². The molecule has 206 valence electrons. The summed E-state index contributed by atoms with van der Waals surface area (Å²) in [5.74, 6) is 0.0936. The second-order valence-electron chi connectivity index (χ2n) is 9.42. The van der Waals surface area contributed by atoms with Crippen LogP contribution in [0.5, 0.6) is 5.75 Å². The van der Waals surface area contributed by atoms with E-state index < -0.39 is 17.6 Å². The number of ether oxygens (including phenoxy) is 1. The van der Waals surface area contributed by atoms with Crippen LogP contribution in [-0.4, -0.2) is 66.4 Å². The quantitative estimate of drug-likeness (QED) is 0.437. The van der Waals surface area contributed by atoms with E-state index >= 15 is 0 Å². The lowest BCUT2D eigenvalue weighted by atomic mass is 10.0. The number of pyridine rings is 1. The Balaban J connectivity index is 1.33. The number of nitrogens with one attached hydrogen (secondary N) is 2. The third kappa shape index (κ3) is 8.01. The van der Waals surface area contributed by atoms with Gasteiger partial charge in [0.15, 0.2) is 6.61 Å². The molecule has 0 spiro atoms. The number of amides is 2. The number of anilines is 2. The summed E-state index contributed by atoms with van der Waals surface area (Å²) in [6.07, 6.45) is -2.92. The molecule has 3 aromatic rings. The highest BCUT2D eigenvalue weighted by atomic mass is 19.4. The van der Waals surface area contributed by atoms with E-state index in [1.807, 2.05) is 18.0 Å². The van der Waals surface area contributed by atoms with E-state index in [1.165, 1.54) is 19.1 Å². The second kappa shape index (κ2) is 12.3. The van der Waals surface area contributed by atoms with Gasteiger partial charge in [-0.3, -0.25) is 14.5 Å². The van der Waals surface area contributed by atoms with Crippen molar-refractivity contribution in [3.05, 3.63) is 71.9 Å². The molecule has 2 aromatic carbocycles. The average Bonchev–Trinajstić information content (AvgIpc) is 2.89. The monoisotopic (exact) mass is 541 g/mol. The normalized spacial score (nSPS) is 14.6. The maximum absolute atomic E-state index is 13.8. The Kier molecular flexibility index (Phi) is 8.82. The van der Waals surface area contributed by atoms with E-state index in [0.29, 0.717) is 24.7 Å². The van der Waals surface area contributed by atoms with Gasteiger partial charge in [0, 0.05) is 57.1 Å². The zero-order chi connectivity index (χ0) is 28.0. The van der Waals surface area contributed by atoms with Crippen LogP contribution in [-0.2, 0) is 22.3 Å². The summed E-state index contributed by atoms with van der Waals surface area (Å²) in [7, 11) is 1.99. The Hall–Kier alpha value is -3.96. The molecule has 1 saturated heterocycles. The maximum Gasteiger partial charge on any atom is 0.416 e. The predicted molar refractivity (Wildman–Crippen MR) is 142 cm³/mol. The fourth-order valence-corrected chi connectivity index (χ4v) is 4.21. The predicted octanol–water partition coefficient (Wildman–Crippen LogP) is 4.49. The second-order valence-corrected chi connectivity index (χ2v) is 9.42. The molecule has 0 radical (unpaired) electrons. The number of benzene rings is 2. The van der Waals surface area contributed by atoms with Gasteiger partial charge in [0.25, 0.3) is 5.91 Å². The average molecular weight is 542 g/mol. The molecule has 0 aliphatic carbocycles. The van der Waals surface area contributed by atoms with E-state index in [1.54, 1.807) is 36.5 Å². The number of carbonyl (C=O) groups excluding carboxylic acids is 2. The molecule has 11 heteroatoms. The number of alkyl halides is 3. The van der Waals surface area contributed by atoms with Crippen LogP contribution in [0.15, 0.2) is 60.8 Å². The van der Waals surface area contributed by atoms with Crippen molar-refractivity contribution in [1.82, 2.24) is 14.8 Å². The number of nitrogens with zero attached hydrogens (tertiary/aromatic N) is 3. The molecule has 39 heavy (non-hydrogen) atoms. The molecule has 0 saturated carbocycles. The largest absolute Gasteiger partial charge is 0.484 e. The highest BCUT2D eigenvalue weighted by Gasteiger charge is 2.34. The van der Waals surface area contributed by atoms with E-state index in [0.717, 1.165) is 30.3 Å². The van der Waals surface area contributed by atoms with Gasteiger partial charge in [0.2, 0.25) is 5.91 Å². The Labute approximate surface area is 224 Å². The number of aromatic nitrogens is 1. The first kappa shape index (κ1) is 28.1. The smallest absolute Gasteiger partial charge is 0.416 e. The van der Waals surface area contributed by atoms with Crippen molar-refractivity contribution in [1.29, 1.82) is 0 Å². The lowest BCUT2D eigenvalue weighted by Crippen LogP contribution is -2.44. The van der Waals surface area contributed by atoms with Crippen molar-refractivity contribution >= 4 is 23.3 Å². The molecule has 0 atom stereocenters. The molecule has 2 amide bonds. The number of halogens is 3. The zero-order valence-corrected chi connectivity index (χ0v) is 21.7. The summed E-state index contributed by atoms with van der Waals surface area (Å²) in [6, 6.07) is 14.3. The lowest BCUT2D eigenvalue weighted by molar-refractivity contribution is -0.138. The molecule has 1 fully saturated rings. The minimum atomic E-state index is -4.54. The van der Waals surface area contributed by atoms with Crippen molar-refractivity contribution in [3.63, 3.8) is 0 Å². The standard InChI is InChI=1S/C28H30F3N5O3/c1-19(37)33-26-10-6-21(16-32-26)20-4-8-24(9-5-20)39-18-27(38)34-23-7-3-22(25(15-23)28(29,30)31)17-36-13-11-35(2)12-14-36/h3-10,15-16H,11-14,17-18H2,1-2H3,(H,34,38)(H,32,33,37). The fourth-order valence-electron chi connectivity index (χ4n) is 4.21. The number of hydrogen-bond donors (Lipinski definition) is 2. The Morgan fingerprint density at radius 3 is 2.26 bits per heavy atom. The van der Waals surface area contributed by atoms with Gasteiger partial charge in [-0.05, 0) is 54.6 Å². The van der Waals surface area contributed by atoms with Crippen LogP contribution in [0.3, 0.4) is 0 Å². The molecule has 0 unspecified atom stereocenters. The van der Waals surface area contributed by atoms with Gasteiger partial charge >= 0.3 is 6.18 Å². The van der Waals surface area contributed by atoms with E-state index in [2.05, 4.69) is 20.5 Å². The SMILES string of the molecule is CC(=O)Nc1ccc(-c2ccc(OCC(=O)Nc3ccc(CN4CCN(C)CC4)c(C(F)(F)F)c3)cc2)cn1. The van der Waals surface area contributed by atoms with Crippen LogP contribution in [0.4, 0.5) is 24.7 Å². The minimum absolute atomic E-state index is 0.0589. The highest BCUT2D eigenvalue weighted by Crippen LogP contribution is 2.34. The number of rotatable bonds is 8. The number of piperazine rings is 1. The van der Waals surface area contributed by atoms with Gasteiger partial charge in [-0.2, -0.15) is 13.2 Å². The van der Waals surface area contributed by atoms with Crippen molar-refractivity contribution < 1.29 is 27.5 Å².